The SMILES string of the molecule is CCOC(=O)CC(=O)CSc1ccc(NC(=O)/C(=C/c2ccc(OCc3ccccc3)cc2)NC(=O)c2ccccc2)cc1. The van der Waals surface area contributed by atoms with Gasteiger partial charge < -0.3 is 20.1 Å². The molecule has 2 amide bonds. The van der Waals surface area contributed by atoms with Crippen molar-refractivity contribution in [3.63, 3.8) is 0 Å². The van der Waals surface area contributed by atoms with E-state index in [-0.39, 0.29) is 30.3 Å². The van der Waals surface area contributed by atoms with Crippen LogP contribution in [0.3, 0.4) is 0 Å². The number of ether oxygens (including phenoxy) is 2. The van der Waals surface area contributed by atoms with Gasteiger partial charge in [0.25, 0.3) is 11.8 Å². The minimum absolute atomic E-state index is 0.0554. The Morgan fingerprint density at radius 1 is 0.795 bits per heavy atom. The van der Waals surface area contributed by atoms with Crippen LogP contribution in [-0.4, -0.2) is 35.9 Å². The predicted molar refractivity (Wildman–Crippen MR) is 171 cm³/mol. The average molecular weight is 609 g/mol. The monoisotopic (exact) mass is 608 g/mol. The number of rotatable bonds is 14. The molecule has 44 heavy (non-hydrogen) atoms. The maximum atomic E-state index is 13.4. The zero-order chi connectivity index (χ0) is 31.1. The van der Waals surface area contributed by atoms with E-state index >= 15 is 0 Å². The van der Waals surface area contributed by atoms with Gasteiger partial charge in [0, 0.05) is 16.1 Å². The van der Waals surface area contributed by atoms with Crippen molar-refractivity contribution >= 4 is 47.1 Å². The highest BCUT2D eigenvalue weighted by Gasteiger charge is 2.16. The van der Waals surface area contributed by atoms with Crippen molar-refractivity contribution in [3.05, 3.63) is 132 Å². The second-order valence-corrected chi connectivity index (χ2v) is 10.6. The molecule has 0 aromatic heterocycles. The number of nitrogens with one attached hydrogen (secondary N) is 2. The van der Waals surface area contributed by atoms with E-state index in [4.69, 9.17) is 9.47 Å². The number of hydrogen-bond donors (Lipinski definition) is 2. The van der Waals surface area contributed by atoms with Crippen LogP contribution in [0.4, 0.5) is 5.69 Å². The molecule has 0 radical (unpaired) electrons. The standard InChI is InChI=1S/C35H32N2O6S/c1-2-42-33(39)22-29(38)24-44-31-19-15-28(16-20-31)36-35(41)32(37-34(40)27-11-7-4-8-12-27)21-25-13-17-30(18-14-25)43-23-26-9-5-3-6-10-26/h3-21H,2,22-24H2,1H3,(H,36,41)(H,37,40)/b32-21-. The Morgan fingerprint density at radius 3 is 2.11 bits per heavy atom. The minimum atomic E-state index is -0.535. The van der Waals surface area contributed by atoms with Gasteiger partial charge in [0.15, 0.2) is 5.78 Å². The number of Topliss-reactive ketones (excluding diaryl/α,β-unsaturated/α-hetero) is 1. The molecule has 0 fully saturated rings. The first-order chi connectivity index (χ1) is 21.4. The fourth-order valence-electron chi connectivity index (χ4n) is 3.93. The topological polar surface area (TPSA) is 111 Å². The summed E-state index contributed by atoms with van der Waals surface area (Å²) in [5, 5.41) is 5.55. The van der Waals surface area contributed by atoms with Crippen molar-refractivity contribution in [1.29, 1.82) is 0 Å². The molecule has 8 nitrogen and oxygen atoms in total. The molecule has 0 unspecified atom stereocenters. The van der Waals surface area contributed by atoms with E-state index in [1.807, 2.05) is 30.3 Å². The highest BCUT2D eigenvalue weighted by atomic mass is 32.2. The quantitative estimate of drug-likeness (QED) is 0.0749. The van der Waals surface area contributed by atoms with Crippen LogP contribution >= 0.6 is 11.8 Å². The molecule has 0 spiro atoms. The first-order valence-corrected chi connectivity index (χ1v) is 14.9. The maximum absolute atomic E-state index is 13.4. The number of anilines is 1. The van der Waals surface area contributed by atoms with Gasteiger partial charge in [-0.2, -0.15) is 0 Å². The van der Waals surface area contributed by atoms with E-state index in [0.717, 1.165) is 10.5 Å². The zero-order valence-electron chi connectivity index (χ0n) is 24.2. The van der Waals surface area contributed by atoms with Crippen LogP contribution in [0.15, 0.2) is 120 Å². The fourth-order valence-corrected chi connectivity index (χ4v) is 4.69. The smallest absolute Gasteiger partial charge is 0.313 e. The van der Waals surface area contributed by atoms with Gasteiger partial charge in [-0.3, -0.25) is 19.2 Å². The molecule has 0 saturated heterocycles. The normalized spacial score (nSPS) is 10.9. The van der Waals surface area contributed by atoms with Gasteiger partial charge in [-0.25, -0.2) is 0 Å². The van der Waals surface area contributed by atoms with Crippen LogP contribution in [0.5, 0.6) is 5.75 Å². The number of thioether (sulfide) groups is 1. The molecule has 0 saturated carbocycles. The van der Waals surface area contributed by atoms with Crippen molar-refractivity contribution in [2.75, 3.05) is 17.7 Å². The van der Waals surface area contributed by atoms with Gasteiger partial charge in [0.2, 0.25) is 0 Å². The lowest BCUT2D eigenvalue weighted by Crippen LogP contribution is -2.30. The molecular formula is C35H32N2O6S. The van der Waals surface area contributed by atoms with Crippen LogP contribution < -0.4 is 15.4 Å². The molecule has 0 aliphatic carbocycles. The molecule has 9 heteroatoms. The number of benzene rings is 4. The van der Waals surface area contributed by atoms with E-state index in [1.165, 1.54) is 11.8 Å². The first kappa shape index (κ1) is 31.8. The Labute approximate surface area is 260 Å². The van der Waals surface area contributed by atoms with Gasteiger partial charge in [0.1, 0.15) is 24.5 Å². The molecule has 4 rings (SSSR count). The number of hydrogen-bond acceptors (Lipinski definition) is 7. The lowest BCUT2D eigenvalue weighted by atomic mass is 10.1. The number of esters is 1. The predicted octanol–water partition coefficient (Wildman–Crippen LogP) is 6.29. The largest absolute Gasteiger partial charge is 0.489 e. The van der Waals surface area contributed by atoms with Crippen LogP contribution in [0, 0.1) is 0 Å². The lowest BCUT2D eigenvalue weighted by molar-refractivity contribution is -0.145. The minimum Gasteiger partial charge on any atom is -0.489 e. The fraction of sp³-hybridized carbons (Fsp3) is 0.143. The summed E-state index contributed by atoms with van der Waals surface area (Å²) in [5.41, 5.74) is 2.71. The summed E-state index contributed by atoms with van der Waals surface area (Å²) in [7, 11) is 0. The molecule has 0 aliphatic rings. The van der Waals surface area contributed by atoms with Gasteiger partial charge >= 0.3 is 5.97 Å². The van der Waals surface area contributed by atoms with Crippen LogP contribution in [-0.2, 0) is 25.7 Å². The van der Waals surface area contributed by atoms with Gasteiger partial charge in [-0.1, -0.05) is 60.7 Å². The van der Waals surface area contributed by atoms with E-state index in [0.29, 0.717) is 29.2 Å². The van der Waals surface area contributed by atoms with Crippen molar-refractivity contribution in [3.8, 4) is 5.75 Å². The van der Waals surface area contributed by atoms with Gasteiger partial charge in [-0.05, 0) is 72.7 Å². The molecule has 224 valence electrons. The van der Waals surface area contributed by atoms with E-state index in [9.17, 15) is 19.2 Å². The van der Waals surface area contributed by atoms with Crippen molar-refractivity contribution in [2.24, 2.45) is 0 Å². The van der Waals surface area contributed by atoms with Crippen molar-refractivity contribution in [1.82, 2.24) is 5.32 Å². The molecule has 0 heterocycles. The number of carbonyl (C=O) groups is 4. The first-order valence-electron chi connectivity index (χ1n) is 14.0. The summed E-state index contributed by atoms with van der Waals surface area (Å²) in [5.74, 6) is -0.903. The summed E-state index contributed by atoms with van der Waals surface area (Å²) in [4.78, 5) is 50.6. The summed E-state index contributed by atoms with van der Waals surface area (Å²) < 4.78 is 10.7. The summed E-state index contributed by atoms with van der Waals surface area (Å²) in [6.07, 6.45) is 1.33. The second kappa shape index (κ2) is 16.5. The van der Waals surface area contributed by atoms with Gasteiger partial charge in [0.05, 0.1) is 12.4 Å². The molecule has 0 aliphatic heterocycles. The third-order valence-electron chi connectivity index (χ3n) is 6.13. The Balaban J connectivity index is 1.42. The van der Waals surface area contributed by atoms with Crippen LogP contribution in [0.2, 0.25) is 0 Å². The third kappa shape index (κ3) is 10.3. The number of ketones is 1. The Bertz CT molecular complexity index is 1590. The zero-order valence-corrected chi connectivity index (χ0v) is 25.0. The van der Waals surface area contributed by atoms with Crippen molar-refractivity contribution < 1.29 is 28.7 Å². The van der Waals surface area contributed by atoms with E-state index < -0.39 is 17.8 Å². The molecule has 4 aromatic rings. The van der Waals surface area contributed by atoms with Crippen molar-refractivity contribution in [2.45, 2.75) is 24.8 Å². The highest BCUT2D eigenvalue weighted by Crippen LogP contribution is 2.22. The Morgan fingerprint density at radius 2 is 1.45 bits per heavy atom. The second-order valence-electron chi connectivity index (χ2n) is 9.51. The molecule has 0 atom stereocenters. The summed E-state index contributed by atoms with van der Waals surface area (Å²) in [6, 6.07) is 32.6. The third-order valence-corrected chi connectivity index (χ3v) is 7.20. The molecule has 0 bridgehead atoms. The molecular weight excluding hydrogens is 576 g/mol. The van der Waals surface area contributed by atoms with Crippen LogP contribution in [0.1, 0.15) is 34.8 Å². The van der Waals surface area contributed by atoms with Gasteiger partial charge in [-0.15, -0.1) is 11.8 Å². The highest BCUT2D eigenvalue weighted by molar-refractivity contribution is 8.00. The maximum Gasteiger partial charge on any atom is 0.313 e. The summed E-state index contributed by atoms with van der Waals surface area (Å²) in [6.45, 7) is 2.35. The van der Waals surface area contributed by atoms with E-state index in [2.05, 4.69) is 10.6 Å². The average Bonchev–Trinajstić information content (AvgIpc) is 3.04. The molecule has 2 N–H and O–H groups in total. The molecule has 4 aromatic carbocycles. The summed E-state index contributed by atoms with van der Waals surface area (Å²) >= 11 is 1.28. The Kier molecular flexibility index (Phi) is 11.9. The number of amides is 2. The van der Waals surface area contributed by atoms with Crippen LogP contribution in [0.25, 0.3) is 6.08 Å². The van der Waals surface area contributed by atoms with E-state index in [1.54, 1.807) is 91.9 Å². The Hall–Kier alpha value is -5.15. The lowest BCUT2D eigenvalue weighted by Gasteiger charge is -2.12. The number of carbonyl (C=O) groups excluding carboxylic acids is 4.